The summed E-state index contributed by atoms with van der Waals surface area (Å²) in [5.41, 5.74) is 5.43. The standard InChI is InChI=1S/C23H26F6N6O2/c1-32-4-6-33(7-5-32)21(37)19-18-12-34(8-9-35(18)22(31-19)23(27,28)29)20(36)17(30)3-2-13-10-15(25)16(26)11-14(13)24/h10-11,17H,2-9,12,30H2,1H3. The first kappa shape index (κ1) is 26.9. The Morgan fingerprint density at radius 3 is 2.24 bits per heavy atom. The van der Waals surface area contributed by atoms with Crippen molar-refractivity contribution in [3.8, 4) is 0 Å². The fourth-order valence-electron chi connectivity index (χ4n) is 4.53. The molecule has 0 aliphatic carbocycles. The van der Waals surface area contributed by atoms with E-state index < -0.39 is 47.3 Å². The van der Waals surface area contributed by atoms with Gasteiger partial charge in [0.2, 0.25) is 11.7 Å². The van der Waals surface area contributed by atoms with E-state index in [0.29, 0.717) is 38.3 Å². The molecular formula is C23H26F6N6O2. The molecule has 2 amide bonds. The molecule has 1 aromatic carbocycles. The summed E-state index contributed by atoms with van der Waals surface area (Å²) in [5.74, 6) is -6.02. The Bertz CT molecular complexity index is 1190. The summed E-state index contributed by atoms with van der Waals surface area (Å²) in [4.78, 5) is 34.4. The molecule has 2 aromatic rings. The smallest absolute Gasteiger partial charge is 0.335 e. The van der Waals surface area contributed by atoms with Gasteiger partial charge in [-0.1, -0.05) is 0 Å². The monoisotopic (exact) mass is 532 g/mol. The van der Waals surface area contributed by atoms with E-state index in [0.717, 1.165) is 4.57 Å². The molecule has 2 aliphatic rings. The minimum absolute atomic E-state index is 0.0327. The van der Waals surface area contributed by atoms with Crippen LogP contribution >= 0.6 is 0 Å². The van der Waals surface area contributed by atoms with Crippen molar-refractivity contribution < 1.29 is 35.9 Å². The number of benzene rings is 1. The predicted molar refractivity (Wildman–Crippen MR) is 119 cm³/mol. The van der Waals surface area contributed by atoms with Gasteiger partial charge in [0.25, 0.3) is 5.91 Å². The first-order valence-electron chi connectivity index (χ1n) is 11.7. The molecule has 1 unspecified atom stereocenters. The van der Waals surface area contributed by atoms with Crippen molar-refractivity contribution in [1.29, 1.82) is 0 Å². The van der Waals surface area contributed by atoms with E-state index >= 15 is 0 Å². The summed E-state index contributed by atoms with van der Waals surface area (Å²) in [5, 5.41) is 0. The highest BCUT2D eigenvalue weighted by atomic mass is 19.4. The van der Waals surface area contributed by atoms with Crippen molar-refractivity contribution in [1.82, 2.24) is 24.3 Å². The number of aryl methyl sites for hydroxylation is 1. The Labute approximate surface area is 208 Å². The number of carbonyl (C=O) groups is 2. The van der Waals surface area contributed by atoms with Gasteiger partial charge in [-0.15, -0.1) is 0 Å². The number of nitrogens with two attached hydrogens (primary N) is 1. The molecule has 1 fully saturated rings. The highest BCUT2D eigenvalue weighted by Crippen LogP contribution is 2.33. The first-order chi connectivity index (χ1) is 17.4. The maximum absolute atomic E-state index is 13.9. The molecule has 14 heteroatoms. The number of hydrogen-bond acceptors (Lipinski definition) is 5. The number of piperazine rings is 1. The molecule has 202 valence electrons. The number of fused-ring (bicyclic) bond motifs is 1. The van der Waals surface area contributed by atoms with E-state index in [9.17, 15) is 35.9 Å². The minimum atomic E-state index is -4.80. The zero-order valence-corrected chi connectivity index (χ0v) is 20.0. The topological polar surface area (TPSA) is 87.7 Å². The molecule has 4 rings (SSSR count). The number of carbonyl (C=O) groups excluding carboxylic acids is 2. The van der Waals surface area contributed by atoms with Gasteiger partial charge in [0.05, 0.1) is 18.3 Å². The Morgan fingerprint density at radius 1 is 0.973 bits per heavy atom. The van der Waals surface area contributed by atoms with Crippen molar-refractivity contribution in [3.63, 3.8) is 0 Å². The number of hydrogen-bond donors (Lipinski definition) is 1. The van der Waals surface area contributed by atoms with Gasteiger partial charge in [0, 0.05) is 45.3 Å². The molecule has 0 radical (unpaired) electrons. The Morgan fingerprint density at radius 2 is 1.59 bits per heavy atom. The number of rotatable bonds is 5. The van der Waals surface area contributed by atoms with Crippen LogP contribution in [0.5, 0.6) is 0 Å². The number of halogens is 6. The second-order valence-electron chi connectivity index (χ2n) is 9.24. The minimum Gasteiger partial charge on any atom is -0.335 e. The van der Waals surface area contributed by atoms with Crippen LogP contribution in [-0.4, -0.2) is 81.9 Å². The van der Waals surface area contributed by atoms with Crippen molar-refractivity contribution in [2.45, 2.75) is 38.1 Å². The predicted octanol–water partition coefficient (Wildman–Crippen LogP) is 2.01. The summed E-state index contributed by atoms with van der Waals surface area (Å²) in [6.07, 6.45) is -5.07. The Kier molecular flexibility index (Phi) is 7.51. The maximum atomic E-state index is 13.9. The normalized spacial score (nSPS) is 17.6. The summed E-state index contributed by atoms with van der Waals surface area (Å²) < 4.78 is 82.5. The summed E-state index contributed by atoms with van der Waals surface area (Å²) in [7, 11) is 1.87. The van der Waals surface area contributed by atoms with Crippen LogP contribution in [0.2, 0.25) is 0 Å². The third kappa shape index (κ3) is 5.59. The van der Waals surface area contributed by atoms with Gasteiger partial charge in [-0.05, 0) is 31.5 Å². The number of imidazole rings is 1. The molecule has 0 spiro atoms. The molecule has 37 heavy (non-hydrogen) atoms. The van der Waals surface area contributed by atoms with Gasteiger partial charge in [-0.2, -0.15) is 13.2 Å². The molecule has 2 aliphatic heterocycles. The van der Waals surface area contributed by atoms with E-state index in [4.69, 9.17) is 5.73 Å². The summed E-state index contributed by atoms with van der Waals surface area (Å²) in [6, 6.07) is -0.0853. The van der Waals surface area contributed by atoms with Gasteiger partial charge in [-0.25, -0.2) is 18.2 Å². The van der Waals surface area contributed by atoms with Gasteiger partial charge >= 0.3 is 6.18 Å². The molecule has 3 heterocycles. The molecule has 0 saturated carbocycles. The Balaban J connectivity index is 1.51. The SMILES string of the molecule is CN1CCN(C(=O)c2nc(C(F)(F)F)n3c2CN(C(=O)C(N)CCc2cc(F)c(F)cc2F)CC3)CC1. The van der Waals surface area contributed by atoms with Crippen molar-refractivity contribution in [3.05, 3.63) is 52.4 Å². The van der Waals surface area contributed by atoms with Crippen LogP contribution in [0, 0.1) is 17.5 Å². The van der Waals surface area contributed by atoms with Crippen LogP contribution in [0.1, 0.15) is 34.0 Å². The van der Waals surface area contributed by atoms with Crippen LogP contribution in [0.4, 0.5) is 26.3 Å². The first-order valence-corrected chi connectivity index (χ1v) is 11.7. The molecule has 8 nitrogen and oxygen atoms in total. The second kappa shape index (κ2) is 10.3. The van der Waals surface area contributed by atoms with Crippen molar-refractivity contribution in [2.24, 2.45) is 5.73 Å². The maximum Gasteiger partial charge on any atom is 0.449 e. The fourth-order valence-corrected chi connectivity index (χ4v) is 4.53. The molecule has 1 atom stereocenters. The van der Waals surface area contributed by atoms with Crippen LogP contribution < -0.4 is 5.73 Å². The van der Waals surface area contributed by atoms with Gasteiger partial charge in [0.15, 0.2) is 17.3 Å². The van der Waals surface area contributed by atoms with E-state index in [1.165, 1.54) is 9.80 Å². The lowest BCUT2D eigenvalue weighted by Crippen LogP contribution is -2.49. The average molecular weight is 532 g/mol. The number of likely N-dealkylation sites (N-methyl/N-ethyl adjacent to an activating group) is 1. The van der Waals surface area contributed by atoms with Crippen molar-refractivity contribution >= 4 is 11.8 Å². The highest BCUT2D eigenvalue weighted by Gasteiger charge is 2.42. The highest BCUT2D eigenvalue weighted by molar-refractivity contribution is 5.94. The lowest BCUT2D eigenvalue weighted by atomic mass is 10.0. The molecular weight excluding hydrogens is 506 g/mol. The van der Waals surface area contributed by atoms with Crippen LogP contribution in [0.15, 0.2) is 12.1 Å². The lowest BCUT2D eigenvalue weighted by molar-refractivity contribution is -0.148. The summed E-state index contributed by atoms with van der Waals surface area (Å²) in [6.45, 7) is 1.11. The number of nitrogens with zero attached hydrogens (tertiary/aromatic N) is 5. The van der Waals surface area contributed by atoms with Crippen molar-refractivity contribution in [2.75, 3.05) is 39.8 Å². The second-order valence-corrected chi connectivity index (χ2v) is 9.24. The fraction of sp³-hybridized carbons (Fsp3) is 0.522. The average Bonchev–Trinajstić information content (AvgIpc) is 3.24. The van der Waals surface area contributed by atoms with E-state index in [1.807, 2.05) is 11.9 Å². The number of amides is 2. The van der Waals surface area contributed by atoms with E-state index in [-0.39, 0.29) is 49.4 Å². The number of aromatic nitrogens is 2. The lowest BCUT2D eigenvalue weighted by Gasteiger charge is -2.33. The largest absolute Gasteiger partial charge is 0.449 e. The Hall–Kier alpha value is -3.13. The zero-order valence-electron chi connectivity index (χ0n) is 20.0. The number of alkyl halides is 3. The molecule has 0 bridgehead atoms. The van der Waals surface area contributed by atoms with E-state index in [1.54, 1.807) is 0 Å². The third-order valence-corrected chi connectivity index (χ3v) is 6.70. The molecule has 1 saturated heterocycles. The van der Waals surface area contributed by atoms with E-state index in [2.05, 4.69) is 4.98 Å². The van der Waals surface area contributed by atoms with Gasteiger partial charge in [-0.3, -0.25) is 9.59 Å². The van der Waals surface area contributed by atoms with Crippen LogP contribution in [0.3, 0.4) is 0 Å². The molecule has 2 N–H and O–H groups in total. The zero-order chi connectivity index (χ0) is 27.1. The summed E-state index contributed by atoms with van der Waals surface area (Å²) >= 11 is 0. The van der Waals surface area contributed by atoms with Gasteiger partial charge < -0.3 is 25.0 Å². The van der Waals surface area contributed by atoms with Gasteiger partial charge in [0.1, 0.15) is 5.82 Å². The van der Waals surface area contributed by atoms with Crippen LogP contribution in [-0.2, 0) is 30.5 Å². The molecule has 1 aromatic heterocycles. The third-order valence-electron chi connectivity index (χ3n) is 6.70. The quantitative estimate of drug-likeness (QED) is 0.471. The van der Waals surface area contributed by atoms with Crippen LogP contribution in [0.25, 0.3) is 0 Å².